The summed E-state index contributed by atoms with van der Waals surface area (Å²) in [4.78, 5) is 2.33. The highest BCUT2D eigenvalue weighted by atomic mass is 15.1. The first-order valence-electron chi connectivity index (χ1n) is 13.0. The average molecular weight is 460 g/mol. The highest BCUT2D eigenvalue weighted by Gasteiger charge is 2.09. The van der Waals surface area contributed by atoms with Gasteiger partial charge in [-0.1, -0.05) is 87.1 Å². The summed E-state index contributed by atoms with van der Waals surface area (Å²) in [7, 11) is 0. The molecular formula is C33H49N. The molecule has 0 N–H and O–H groups in total. The topological polar surface area (TPSA) is 3.24 Å². The van der Waals surface area contributed by atoms with Crippen LogP contribution in [0.2, 0.25) is 0 Å². The summed E-state index contributed by atoms with van der Waals surface area (Å²) in [6, 6.07) is 11.1. The Morgan fingerprint density at radius 1 is 0.971 bits per heavy atom. The van der Waals surface area contributed by atoms with Crippen molar-refractivity contribution in [2.75, 3.05) is 6.54 Å². The number of unbranched alkanes of at least 4 members (excludes halogenated alkanes) is 1. The maximum Gasteiger partial charge on any atom is 0.0289 e. The normalized spacial score (nSPS) is 14.4. The molecule has 0 aromatic heterocycles. The fourth-order valence-corrected chi connectivity index (χ4v) is 4.34. The first kappa shape index (κ1) is 29.5. The average Bonchev–Trinajstić information content (AvgIpc) is 2.83. The van der Waals surface area contributed by atoms with Crippen molar-refractivity contribution < 1.29 is 0 Å². The van der Waals surface area contributed by atoms with Gasteiger partial charge in [0.2, 0.25) is 0 Å². The predicted molar refractivity (Wildman–Crippen MR) is 155 cm³/mol. The van der Waals surface area contributed by atoms with Crippen molar-refractivity contribution in [2.45, 2.75) is 86.1 Å². The van der Waals surface area contributed by atoms with Crippen molar-refractivity contribution in [1.82, 2.24) is 4.90 Å². The van der Waals surface area contributed by atoms with Gasteiger partial charge in [0.1, 0.15) is 0 Å². The molecule has 0 saturated heterocycles. The summed E-state index contributed by atoms with van der Waals surface area (Å²) in [5.74, 6) is 0.762. The molecule has 34 heavy (non-hydrogen) atoms. The van der Waals surface area contributed by atoms with Crippen LogP contribution in [0.4, 0.5) is 0 Å². The highest BCUT2D eigenvalue weighted by Crippen LogP contribution is 2.26. The first-order chi connectivity index (χ1) is 16.2. The van der Waals surface area contributed by atoms with E-state index in [1.54, 1.807) is 0 Å². The number of hydrogen-bond acceptors (Lipinski definition) is 1. The molecule has 0 aliphatic heterocycles. The quantitative estimate of drug-likeness (QED) is 0.171. The van der Waals surface area contributed by atoms with Crippen molar-refractivity contribution in [3.8, 4) is 0 Å². The van der Waals surface area contributed by atoms with Crippen molar-refractivity contribution in [3.05, 3.63) is 102 Å². The Bertz CT molecular complexity index is 863. The predicted octanol–water partition coefficient (Wildman–Crippen LogP) is 9.93. The third-order valence-corrected chi connectivity index (χ3v) is 6.47. The monoisotopic (exact) mass is 459 g/mol. The van der Waals surface area contributed by atoms with Gasteiger partial charge in [-0.05, 0) is 94.6 Å². The van der Waals surface area contributed by atoms with Crippen LogP contribution in [0.15, 0.2) is 96.8 Å². The van der Waals surface area contributed by atoms with Crippen LogP contribution in [-0.4, -0.2) is 17.5 Å². The Balaban J connectivity index is 0.000000341. The third kappa shape index (κ3) is 11.1. The van der Waals surface area contributed by atoms with Crippen LogP contribution in [0.25, 0.3) is 5.57 Å². The van der Waals surface area contributed by atoms with E-state index in [-0.39, 0.29) is 0 Å². The number of rotatable bonds is 12. The summed E-state index contributed by atoms with van der Waals surface area (Å²) in [5, 5.41) is 0. The van der Waals surface area contributed by atoms with E-state index in [0.717, 1.165) is 24.6 Å². The molecule has 0 bridgehead atoms. The van der Waals surface area contributed by atoms with Gasteiger partial charge in [0, 0.05) is 18.3 Å². The molecule has 0 saturated carbocycles. The maximum atomic E-state index is 4.04. The molecule has 186 valence electrons. The van der Waals surface area contributed by atoms with Gasteiger partial charge in [-0.3, -0.25) is 0 Å². The number of allylic oxidation sites excluding steroid dienone is 8. The molecule has 1 aliphatic carbocycles. The smallest absolute Gasteiger partial charge is 0.0289 e. The second-order valence-corrected chi connectivity index (χ2v) is 10.00. The molecule has 0 amide bonds. The minimum atomic E-state index is 0.503. The second kappa shape index (κ2) is 16.1. The Labute approximate surface area is 211 Å². The van der Waals surface area contributed by atoms with Crippen LogP contribution in [0, 0.1) is 5.92 Å². The highest BCUT2D eigenvalue weighted by molar-refractivity contribution is 5.71. The Morgan fingerprint density at radius 2 is 1.65 bits per heavy atom. The van der Waals surface area contributed by atoms with Crippen LogP contribution in [0.3, 0.4) is 0 Å². The van der Waals surface area contributed by atoms with Gasteiger partial charge in [0.15, 0.2) is 0 Å². The molecule has 1 aromatic rings. The molecule has 1 aliphatic rings. The van der Waals surface area contributed by atoms with Crippen molar-refractivity contribution in [3.63, 3.8) is 0 Å². The lowest BCUT2D eigenvalue weighted by Crippen LogP contribution is -2.30. The van der Waals surface area contributed by atoms with Crippen molar-refractivity contribution >= 4 is 5.57 Å². The lowest BCUT2D eigenvalue weighted by atomic mass is 9.94. The van der Waals surface area contributed by atoms with Gasteiger partial charge in [-0.25, -0.2) is 0 Å². The van der Waals surface area contributed by atoms with E-state index in [4.69, 9.17) is 0 Å². The third-order valence-electron chi connectivity index (χ3n) is 6.47. The van der Waals surface area contributed by atoms with E-state index >= 15 is 0 Å². The summed E-state index contributed by atoms with van der Waals surface area (Å²) >= 11 is 0. The second-order valence-electron chi connectivity index (χ2n) is 10.00. The summed E-state index contributed by atoms with van der Waals surface area (Å²) < 4.78 is 0. The molecule has 1 unspecified atom stereocenters. The van der Waals surface area contributed by atoms with Gasteiger partial charge < -0.3 is 4.90 Å². The largest absolute Gasteiger partial charge is 0.370 e. The zero-order valence-corrected chi connectivity index (χ0v) is 22.9. The number of nitrogens with zero attached hydrogens (tertiary/aromatic N) is 1. The molecule has 0 fully saturated rings. The van der Waals surface area contributed by atoms with Crippen LogP contribution in [-0.2, 0) is 0 Å². The number of hydrogen-bond donors (Lipinski definition) is 0. The zero-order chi connectivity index (χ0) is 25.5. The lowest BCUT2D eigenvalue weighted by molar-refractivity contribution is 0.283. The summed E-state index contributed by atoms with van der Waals surface area (Å²) in [6.07, 6.45) is 16.0. The Hall–Kier alpha value is -2.54. The van der Waals surface area contributed by atoms with Crippen molar-refractivity contribution in [1.29, 1.82) is 0 Å². The van der Waals surface area contributed by atoms with Gasteiger partial charge in [0.25, 0.3) is 0 Å². The van der Waals surface area contributed by atoms with E-state index in [1.807, 2.05) is 6.08 Å². The number of benzene rings is 1. The molecule has 1 atom stereocenters. The SMILES string of the molecule is C/C(C1=CCCC=C1)=C(\C)c1ccccc1.C=CC(=C)N(CCCCC(C)CC(=C)C)C(C)C. The fraction of sp³-hybridized carbons (Fsp3) is 0.455. The summed E-state index contributed by atoms with van der Waals surface area (Å²) in [6.45, 7) is 26.2. The zero-order valence-electron chi connectivity index (χ0n) is 22.9. The molecule has 0 heterocycles. The first-order valence-corrected chi connectivity index (χ1v) is 13.0. The van der Waals surface area contributed by atoms with E-state index in [0.29, 0.717) is 6.04 Å². The van der Waals surface area contributed by atoms with E-state index < -0.39 is 0 Å². The molecule has 1 aromatic carbocycles. The summed E-state index contributed by atoms with van der Waals surface area (Å²) in [5.41, 5.74) is 7.80. The minimum absolute atomic E-state index is 0.503. The van der Waals surface area contributed by atoms with E-state index in [1.165, 1.54) is 60.0 Å². The Morgan fingerprint density at radius 3 is 2.18 bits per heavy atom. The lowest BCUT2D eigenvalue weighted by Gasteiger charge is -2.29. The fourth-order valence-electron chi connectivity index (χ4n) is 4.34. The van der Waals surface area contributed by atoms with Crippen LogP contribution >= 0.6 is 0 Å². The molecule has 1 nitrogen and oxygen atoms in total. The van der Waals surface area contributed by atoms with Gasteiger partial charge in [0.05, 0.1) is 0 Å². The van der Waals surface area contributed by atoms with E-state index in [2.05, 4.69) is 115 Å². The van der Waals surface area contributed by atoms with Gasteiger partial charge in [-0.15, -0.1) is 6.58 Å². The van der Waals surface area contributed by atoms with E-state index in [9.17, 15) is 0 Å². The standard InChI is InChI=1S/C17H31N.C16H18/c1-8-17(7)18(15(4)5)12-10-9-11-16(6)13-14(2)3;1-13(15-9-5-3-6-10-15)14(2)16-11-7-4-8-12-16/h8,15-16H,1-2,7,9-13H2,3-6H3;3,5-7,9-12H,4,8H2,1-2H3/b;14-13-. The van der Waals surface area contributed by atoms with Crippen LogP contribution < -0.4 is 0 Å². The minimum Gasteiger partial charge on any atom is -0.370 e. The molecule has 0 spiro atoms. The van der Waals surface area contributed by atoms with Crippen LogP contribution in [0.1, 0.15) is 85.6 Å². The maximum absolute atomic E-state index is 4.04. The van der Waals surface area contributed by atoms with Gasteiger partial charge in [-0.2, -0.15) is 0 Å². The molecule has 1 heteroatoms. The van der Waals surface area contributed by atoms with Gasteiger partial charge >= 0.3 is 0 Å². The molecule has 2 rings (SSSR count). The van der Waals surface area contributed by atoms with Crippen molar-refractivity contribution in [2.24, 2.45) is 5.92 Å². The molecule has 0 radical (unpaired) electrons. The van der Waals surface area contributed by atoms with Crippen LogP contribution in [0.5, 0.6) is 0 Å². The Kier molecular flexibility index (Phi) is 14.0. The molecular weight excluding hydrogens is 410 g/mol.